The molecule has 16 heavy (non-hydrogen) atoms. The van der Waals surface area contributed by atoms with E-state index in [9.17, 15) is 5.11 Å². The zero-order valence-corrected chi connectivity index (χ0v) is 10.2. The van der Waals surface area contributed by atoms with Crippen molar-refractivity contribution in [2.45, 2.75) is 51.6 Å². The number of hydrogen-bond donors (Lipinski definition) is 2. The summed E-state index contributed by atoms with van der Waals surface area (Å²) in [6, 6.07) is 6.86. The number of rotatable bonds is 4. The van der Waals surface area contributed by atoms with Gasteiger partial charge < -0.3 is 10.4 Å². The number of fused-ring (bicyclic) bond motifs is 1. The Morgan fingerprint density at radius 1 is 1.50 bits per heavy atom. The Bertz CT molecular complexity index is 362. The molecule has 0 saturated carbocycles. The first-order valence-corrected chi connectivity index (χ1v) is 6.29. The van der Waals surface area contributed by atoms with Gasteiger partial charge in [-0.25, -0.2) is 0 Å². The second-order valence-corrected chi connectivity index (χ2v) is 4.79. The standard InChI is InChI=1S/C14H21NO/c1-3-5-10(2)15-13-9-8-12-11(13)6-4-7-14(12)16/h4,6-7,10,13,15-16H,3,5,8-9H2,1-2H3. The van der Waals surface area contributed by atoms with E-state index in [4.69, 9.17) is 0 Å². The van der Waals surface area contributed by atoms with Crippen molar-refractivity contribution in [1.29, 1.82) is 0 Å². The molecule has 2 rings (SSSR count). The van der Waals surface area contributed by atoms with Crippen LogP contribution in [0.5, 0.6) is 5.75 Å². The average molecular weight is 219 g/mol. The van der Waals surface area contributed by atoms with Crippen LogP contribution in [0.1, 0.15) is 50.3 Å². The molecule has 1 aliphatic rings. The molecule has 1 aliphatic carbocycles. The van der Waals surface area contributed by atoms with Gasteiger partial charge in [-0.1, -0.05) is 25.5 Å². The number of aromatic hydroxyl groups is 1. The van der Waals surface area contributed by atoms with Crippen molar-refractivity contribution in [2.75, 3.05) is 0 Å². The summed E-state index contributed by atoms with van der Waals surface area (Å²) < 4.78 is 0. The second-order valence-electron chi connectivity index (χ2n) is 4.79. The fourth-order valence-corrected chi connectivity index (χ4v) is 2.67. The highest BCUT2D eigenvalue weighted by atomic mass is 16.3. The molecule has 0 aromatic heterocycles. The summed E-state index contributed by atoms with van der Waals surface area (Å²) in [4.78, 5) is 0. The number of phenols is 1. The molecule has 2 nitrogen and oxygen atoms in total. The fraction of sp³-hybridized carbons (Fsp3) is 0.571. The predicted molar refractivity (Wildman–Crippen MR) is 66.7 cm³/mol. The molecule has 2 unspecified atom stereocenters. The molecule has 2 heteroatoms. The predicted octanol–water partition coefficient (Wildman–Crippen LogP) is 3.16. The third-order valence-corrected chi connectivity index (χ3v) is 3.45. The van der Waals surface area contributed by atoms with E-state index < -0.39 is 0 Å². The number of phenolic OH excluding ortho intramolecular Hbond substituents is 1. The van der Waals surface area contributed by atoms with Crippen LogP contribution in [0, 0.1) is 0 Å². The summed E-state index contributed by atoms with van der Waals surface area (Å²) in [7, 11) is 0. The topological polar surface area (TPSA) is 32.3 Å². The maximum absolute atomic E-state index is 9.76. The van der Waals surface area contributed by atoms with Crippen LogP contribution in [-0.4, -0.2) is 11.1 Å². The SMILES string of the molecule is CCCC(C)NC1CCc2c(O)cccc21. The van der Waals surface area contributed by atoms with Crippen molar-refractivity contribution in [1.82, 2.24) is 5.32 Å². The van der Waals surface area contributed by atoms with Crippen molar-refractivity contribution in [3.63, 3.8) is 0 Å². The Kier molecular flexibility index (Phi) is 3.49. The molecular formula is C14H21NO. The van der Waals surface area contributed by atoms with Crippen LogP contribution in [0.25, 0.3) is 0 Å². The van der Waals surface area contributed by atoms with Gasteiger partial charge in [-0.2, -0.15) is 0 Å². The first-order valence-electron chi connectivity index (χ1n) is 6.29. The highest BCUT2D eigenvalue weighted by Crippen LogP contribution is 2.36. The quantitative estimate of drug-likeness (QED) is 0.815. The summed E-state index contributed by atoms with van der Waals surface area (Å²) in [6.45, 7) is 4.46. The molecule has 88 valence electrons. The van der Waals surface area contributed by atoms with Gasteiger partial charge in [0.25, 0.3) is 0 Å². The van der Waals surface area contributed by atoms with Gasteiger partial charge in [0.2, 0.25) is 0 Å². The molecule has 0 saturated heterocycles. The van der Waals surface area contributed by atoms with Gasteiger partial charge in [0.15, 0.2) is 0 Å². The van der Waals surface area contributed by atoms with Crippen molar-refractivity contribution in [3.05, 3.63) is 29.3 Å². The van der Waals surface area contributed by atoms with Crippen LogP contribution in [-0.2, 0) is 6.42 Å². The normalized spacial score (nSPS) is 20.8. The molecule has 2 atom stereocenters. The maximum Gasteiger partial charge on any atom is 0.119 e. The Labute approximate surface area is 97.7 Å². The van der Waals surface area contributed by atoms with Crippen LogP contribution in [0.4, 0.5) is 0 Å². The van der Waals surface area contributed by atoms with E-state index >= 15 is 0 Å². The molecule has 0 aliphatic heterocycles. The third-order valence-electron chi connectivity index (χ3n) is 3.45. The summed E-state index contributed by atoms with van der Waals surface area (Å²) in [6.07, 6.45) is 4.54. The zero-order valence-electron chi connectivity index (χ0n) is 10.2. The molecular weight excluding hydrogens is 198 g/mol. The van der Waals surface area contributed by atoms with Crippen molar-refractivity contribution in [3.8, 4) is 5.75 Å². The van der Waals surface area contributed by atoms with Crippen LogP contribution < -0.4 is 5.32 Å². The van der Waals surface area contributed by atoms with E-state index in [0.29, 0.717) is 17.8 Å². The van der Waals surface area contributed by atoms with Gasteiger partial charge >= 0.3 is 0 Å². The summed E-state index contributed by atoms with van der Waals surface area (Å²) >= 11 is 0. The largest absolute Gasteiger partial charge is 0.508 e. The first kappa shape index (κ1) is 11.5. The Balaban J connectivity index is 2.09. The molecule has 0 amide bonds. The second kappa shape index (κ2) is 4.88. The molecule has 0 heterocycles. The number of hydrogen-bond acceptors (Lipinski definition) is 2. The van der Waals surface area contributed by atoms with Crippen molar-refractivity contribution >= 4 is 0 Å². The molecule has 0 radical (unpaired) electrons. The lowest BCUT2D eigenvalue weighted by Gasteiger charge is -2.20. The minimum absolute atomic E-state index is 0.434. The molecule has 2 N–H and O–H groups in total. The summed E-state index contributed by atoms with van der Waals surface area (Å²) in [5.41, 5.74) is 2.44. The third kappa shape index (κ3) is 2.22. The van der Waals surface area contributed by atoms with E-state index in [0.717, 1.165) is 18.4 Å². The van der Waals surface area contributed by atoms with Crippen molar-refractivity contribution in [2.24, 2.45) is 0 Å². The zero-order chi connectivity index (χ0) is 11.5. The van der Waals surface area contributed by atoms with E-state index in [1.807, 2.05) is 6.07 Å². The smallest absolute Gasteiger partial charge is 0.119 e. The molecule has 0 spiro atoms. The van der Waals surface area contributed by atoms with Crippen LogP contribution in [0.15, 0.2) is 18.2 Å². The monoisotopic (exact) mass is 219 g/mol. The maximum atomic E-state index is 9.76. The lowest BCUT2D eigenvalue weighted by molar-refractivity contribution is 0.431. The molecule has 0 bridgehead atoms. The van der Waals surface area contributed by atoms with E-state index in [-0.39, 0.29) is 0 Å². The lowest BCUT2D eigenvalue weighted by atomic mass is 10.1. The molecule has 0 fully saturated rings. The number of nitrogens with one attached hydrogen (secondary N) is 1. The minimum Gasteiger partial charge on any atom is -0.508 e. The van der Waals surface area contributed by atoms with Gasteiger partial charge in [0.05, 0.1) is 0 Å². The molecule has 1 aromatic carbocycles. The van der Waals surface area contributed by atoms with E-state index in [1.54, 1.807) is 6.07 Å². The fourth-order valence-electron chi connectivity index (χ4n) is 2.67. The van der Waals surface area contributed by atoms with Crippen LogP contribution >= 0.6 is 0 Å². The molecule has 1 aromatic rings. The van der Waals surface area contributed by atoms with E-state index in [1.165, 1.54) is 18.4 Å². The van der Waals surface area contributed by atoms with E-state index in [2.05, 4.69) is 25.2 Å². The average Bonchev–Trinajstić information content (AvgIpc) is 2.64. The van der Waals surface area contributed by atoms with Crippen molar-refractivity contribution < 1.29 is 5.11 Å². The first-order chi connectivity index (χ1) is 7.72. The van der Waals surface area contributed by atoms with Gasteiger partial charge in [-0.05, 0) is 43.4 Å². The lowest BCUT2D eigenvalue weighted by Crippen LogP contribution is -2.29. The number of benzene rings is 1. The summed E-state index contributed by atoms with van der Waals surface area (Å²) in [5.74, 6) is 0.463. The van der Waals surface area contributed by atoms with Crippen LogP contribution in [0.3, 0.4) is 0 Å². The van der Waals surface area contributed by atoms with Gasteiger partial charge in [0, 0.05) is 12.1 Å². The minimum atomic E-state index is 0.434. The highest BCUT2D eigenvalue weighted by molar-refractivity contribution is 5.44. The van der Waals surface area contributed by atoms with Crippen LogP contribution in [0.2, 0.25) is 0 Å². The van der Waals surface area contributed by atoms with Gasteiger partial charge in [0.1, 0.15) is 5.75 Å². The van der Waals surface area contributed by atoms with Gasteiger partial charge in [-0.3, -0.25) is 0 Å². The Hall–Kier alpha value is -1.02. The summed E-state index contributed by atoms with van der Waals surface area (Å²) in [5, 5.41) is 13.4. The van der Waals surface area contributed by atoms with Gasteiger partial charge in [-0.15, -0.1) is 0 Å². The Morgan fingerprint density at radius 2 is 2.31 bits per heavy atom. The Morgan fingerprint density at radius 3 is 3.06 bits per heavy atom. The highest BCUT2D eigenvalue weighted by Gasteiger charge is 2.25.